The Morgan fingerprint density at radius 3 is 2.94 bits per heavy atom. The zero-order valence-corrected chi connectivity index (χ0v) is 10.8. The first-order valence-electron chi connectivity index (χ1n) is 5.90. The molecule has 0 aromatic heterocycles. The topological polar surface area (TPSA) is 50.4 Å². The van der Waals surface area contributed by atoms with Crippen molar-refractivity contribution in [1.29, 1.82) is 0 Å². The van der Waals surface area contributed by atoms with Gasteiger partial charge in [-0.25, -0.2) is 0 Å². The van der Waals surface area contributed by atoms with Crippen LogP contribution in [-0.4, -0.2) is 38.8 Å². The molecule has 0 spiro atoms. The van der Waals surface area contributed by atoms with Crippen LogP contribution in [0.1, 0.15) is 26.2 Å². The van der Waals surface area contributed by atoms with Crippen molar-refractivity contribution in [3.8, 4) is 0 Å². The highest BCUT2D eigenvalue weighted by Crippen LogP contribution is 2.06. The largest absolute Gasteiger partial charge is 0.382 e. The van der Waals surface area contributed by atoms with Gasteiger partial charge in [-0.3, -0.25) is 4.79 Å². The molecule has 1 aliphatic rings. The predicted octanol–water partition coefficient (Wildman–Crippen LogP) is 0.951. The molecular weight excluding hydrogens is 228 g/mol. The summed E-state index contributed by atoms with van der Waals surface area (Å²) in [7, 11) is 0. The Hall–Kier alpha value is -0.320. The molecule has 4 nitrogen and oxygen atoms in total. The standard InChI is InChI=1S/C11H22N2O2.ClH/c1-2-15-8-4-3-6-13-11(14)10-5-7-12-9-10;/h10,12H,2-9H2,1H3,(H,13,14);1H. The van der Waals surface area contributed by atoms with E-state index < -0.39 is 0 Å². The van der Waals surface area contributed by atoms with Gasteiger partial charge in [0.15, 0.2) is 0 Å². The minimum atomic E-state index is 0. The van der Waals surface area contributed by atoms with Gasteiger partial charge in [-0.1, -0.05) is 0 Å². The lowest BCUT2D eigenvalue weighted by Gasteiger charge is -2.09. The Bertz CT molecular complexity index is 185. The molecule has 1 unspecified atom stereocenters. The molecule has 1 saturated heterocycles. The lowest BCUT2D eigenvalue weighted by atomic mass is 10.1. The maximum atomic E-state index is 11.6. The molecule has 0 bridgehead atoms. The van der Waals surface area contributed by atoms with Gasteiger partial charge >= 0.3 is 0 Å². The van der Waals surface area contributed by atoms with Gasteiger partial charge in [0.05, 0.1) is 5.92 Å². The summed E-state index contributed by atoms with van der Waals surface area (Å²) in [5.74, 6) is 0.397. The van der Waals surface area contributed by atoms with Crippen LogP contribution in [-0.2, 0) is 9.53 Å². The summed E-state index contributed by atoms with van der Waals surface area (Å²) in [6.07, 6.45) is 3.01. The Kier molecular flexibility index (Phi) is 9.68. The zero-order valence-electron chi connectivity index (χ0n) is 9.96. The maximum absolute atomic E-state index is 11.6. The number of halogens is 1. The van der Waals surface area contributed by atoms with Crippen molar-refractivity contribution in [1.82, 2.24) is 10.6 Å². The van der Waals surface area contributed by atoms with Crippen LogP contribution >= 0.6 is 12.4 Å². The predicted molar refractivity (Wildman–Crippen MR) is 67.0 cm³/mol. The second kappa shape index (κ2) is 9.87. The molecule has 2 N–H and O–H groups in total. The Morgan fingerprint density at radius 1 is 1.50 bits per heavy atom. The van der Waals surface area contributed by atoms with E-state index in [1.54, 1.807) is 0 Å². The van der Waals surface area contributed by atoms with Crippen LogP contribution in [0.5, 0.6) is 0 Å². The van der Waals surface area contributed by atoms with Crippen molar-refractivity contribution < 1.29 is 9.53 Å². The third-order valence-corrected chi connectivity index (χ3v) is 2.65. The second-order valence-corrected chi connectivity index (χ2v) is 3.88. The van der Waals surface area contributed by atoms with Crippen molar-refractivity contribution in [2.24, 2.45) is 5.92 Å². The van der Waals surface area contributed by atoms with E-state index in [4.69, 9.17) is 4.74 Å². The van der Waals surface area contributed by atoms with E-state index in [9.17, 15) is 4.79 Å². The number of amides is 1. The SMILES string of the molecule is CCOCCCCNC(=O)C1CCNC1.Cl. The third kappa shape index (κ3) is 6.30. The van der Waals surface area contributed by atoms with Crippen LogP contribution in [0, 0.1) is 5.92 Å². The minimum absolute atomic E-state index is 0. The molecular formula is C11H23ClN2O2. The van der Waals surface area contributed by atoms with Crippen LogP contribution < -0.4 is 10.6 Å². The van der Waals surface area contributed by atoms with Gasteiger partial charge in [0.2, 0.25) is 5.91 Å². The number of carbonyl (C=O) groups is 1. The van der Waals surface area contributed by atoms with Crippen molar-refractivity contribution >= 4 is 18.3 Å². The van der Waals surface area contributed by atoms with Crippen molar-refractivity contribution in [3.63, 3.8) is 0 Å². The lowest BCUT2D eigenvalue weighted by Crippen LogP contribution is -2.32. The molecule has 1 atom stereocenters. The van der Waals surface area contributed by atoms with Gasteiger partial charge < -0.3 is 15.4 Å². The fourth-order valence-electron chi connectivity index (χ4n) is 1.71. The summed E-state index contributed by atoms with van der Waals surface area (Å²) in [6.45, 7) is 6.17. The fourth-order valence-corrected chi connectivity index (χ4v) is 1.71. The normalized spacial score (nSPS) is 19.2. The van der Waals surface area contributed by atoms with Crippen molar-refractivity contribution in [3.05, 3.63) is 0 Å². The van der Waals surface area contributed by atoms with Crippen molar-refractivity contribution in [2.75, 3.05) is 32.8 Å². The van der Waals surface area contributed by atoms with Crippen molar-refractivity contribution in [2.45, 2.75) is 26.2 Å². The van der Waals surface area contributed by atoms with Gasteiger partial charge in [0, 0.05) is 26.3 Å². The molecule has 1 rings (SSSR count). The number of nitrogens with one attached hydrogen (secondary N) is 2. The van der Waals surface area contributed by atoms with E-state index in [1.807, 2.05) is 6.92 Å². The Balaban J connectivity index is 0.00000225. The molecule has 0 aromatic rings. The summed E-state index contributed by atoms with van der Waals surface area (Å²) in [4.78, 5) is 11.6. The first-order chi connectivity index (χ1) is 7.34. The maximum Gasteiger partial charge on any atom is 0.224 e. The van der Waals surface area contributed by atoms with E-state index in [2.05, 4.69) is 10.6 Å². The molecule has 0 aliphatic carbocycles. The van der Waals surface area contributed by atoms with Crippen LogP contribution in [0.4, 0.5) is 0 Å². The summed E-state index contributed by atoms with van der Waals surface area (Å²) >= 11 is 0. The van der Waals surface area contributed by atoms with Crippen LogP contribution in [0.15, 0.2) is 0 Å². The number of unbranched alkanes of at least 4 members (excludes halogenated alkanes) is 1. The smallest absolute Gasteiger partial charge is 0.224 e. The molecule has 96 valence electrons. The minimum Gasteiger partial charge on any atom is -0.382 e. The zero-order chi connectivity index (χ0) is 10.9. The van der Waals surface area contributed by atoms with Gasteiger partial charge in [-0.05, 0) is 32.7 Å². The van der Waals surface area contributed by atoms with Crippen LogP contribution in [0.25, 0.3) is 0 Å². The number of carbonyl (C=O) groups excluding carboxylic acids is 1. The number of ether oxygens (including phenoxy) is 1. The third-order valence-electron chi connectivity index (χ3n) is 2.65. The summed E-state index contributed by atoms with van der Waals surface area (Å²) in [6, 6.07) is 0. The molecule has 1 aliphatic heterocycles. The molecule has 0 saturated carbocycles. The van der Waals surface area contributed by atoms with Gasteiger partial charge in [-0.2, -0.15) is 0 Å². The van der Waals surface area contributed by atoms with E-state index in [0.717, 1.165) is 52.1 Å². The van der Waals surface area contributed by atoms with E-state index in [1.165, 1.54) is 0 Å². The highest BCUT2D eigenvalue weighted by molar-refractivity contribution is 5.85. The molecule has 0 aromatic carbocycles. The highest BCUT2D eigenvalue weighted by atomic mass is 35.5. The Morgan fingerprint density at radius 2 is 2.31 bits per heavy atom. The van der Waals surface area contributed by atoms with Gasteiger partial charge in [-0.15, -0.1) is 12.4 Å². The van der Waals surface area contributed by atoms with Gasteiger partial charge in [0.1, 0.15) is 0 Å². The molecule has 0 radical (unpaired) electrons. The summed E-state index contributed by atoms with van der Waals surface area (Å²) in [5, 5.41) is 6.16. The number of hydrogen-bond donors (Lipinski definition) is 2. The fraction of sp³-hybridized carbons (Fsp3) is 0.909. The Labute approximate surface area is 104 Å². The quantitative estimate of drug-likeness (QED) is 0.662. The summed E-state index contributed by atoms with van der Waals surface area (Å²) < 4.78 is 5.22. The molecule has 1 heterocycles. The van der Waals surface area contributed by atoms with E-state index in [0.29, 0.717) is 0 Å². The van der Waals surface area contributed by atoms with Crippen LogP contribution in [0.3, 0.4) is 0 Å². The monoisotopic (exact) mass is 250 g/mol. The van der Waals surface area contributed by atoms with Gasteiger partial charge in [0.25, 0.3) is 0 Å². The molecule has 16 heavy (non-hydrogen) atoms. The lowest BCUT2D eigenvalue weighted by molar-refractivity contribution is -0.124. The first-order valence-corrected chi connectivity index (χ1v) is 5.90. The van der Waals surface area contributed by atoms with E-state index >= 15 is 0 Å². The molecule has 1 amide bonds. The second-order valence-electron chi connectivity index (χ2n) is 3.88. The molecule has 5 heteroatoms. The first kappa shape index (κ1) is 15.7. The summed E-state index contributed by atoms with van der Waals surface area (Å²) in [5.41, 5.74) is 0. The average molecular weight is 251 g/mol. The number of rotatable bonds is 7. The number of hydrogen-bond acceptors (Lipinski definition) is 3. The average Bonchev–Trinajstić information content (AvgIpc) is 2.76. The highest BCUT2D eigenvalue weighted by Gasteiger charge is 2.21. The van der Waals surface area contributed by atoms with Crippen LogP contribution in [0.2, 0.25) is 0 Å². The van der Waals surface area contributed by atoms with E-state index in [-0.39, 0.29) is 24.2 Å². The molecule has 1 fully saturated rings.